The van der Waals surface area contributed by atoms with Gasteiger partial charge in [-0.3, -0.25) is 0 Å². The van der Waals surface area contributed by atoms with Crippen LogP contribution in [0.3, 0.4) is 0 Å². The fourth-order valence-electron chi connectivity index (χ4n) is 5.33. The van der Waals surface area contributed by atoms with Gasteiger partial charge in [0.25, 0.3) is 0 Å². The molecule has 0 radical (unpaired) electrons. The molecule has 4 saturated heterocycles. The zero-order valence-corrected chi connectivity index (χ0v) is 23.5. The van der Waals surface area contributed by atoms with Crippen molar-refractivity contribution in [2.45, 2.75) is 123 Å². The molecule has 14 N–H and O–H groups in total. The highest BCUT2D eigenvalue weighted by atomic mass is 16.8. The summed E-state index contributed by atoms with van der Waals surface area (Å²) < 4.78 is 37.7. The van der Waals surface area contributed by atoms with Gasteiger partial charge in [0.2, 0.25) is 0 Å². The number of aliphatic hydroxyl groups is 14. The maximum atomic E-state index is 11.1. The molecule has 0 unspecified atom stereocenters. The predicted molar refractivity (Wildman–Crippen MR) is 134 cm³/mol. The van der Waals surface area contributed by atoms with Gasteiger partial charge >= 0.3 is 0 Å². The molecule has 0 aromatic heterocycles. The van der Waals surface area contributed by atoms with Gasteiger partial charge in [-0.1, -0.05) is 0 Å². The molecule has 21 heteroatoms. The van der Waals surface area contributed by atoms with Crippen LogP contribution in [0.5, 0.6) is 0 Å². The van der Waals surface area contributed by atoms with E-state index in [4.69, 9.17) is 33.2 Å². The summed E-state index contributed by atoms with van der Waals surface area (Å²) in [6.07, 6.45) is -35.1. The molecular weight excluding hydrogens is 624 g/mol. The molecule has 264 valence electrons. The number of ether oxygens (including phenoxy) is 7. The van der Waals surface area contributed by atoms with Crippen molar-refractivity contribution in [1.82, 2.24) is 0 Å². The van der Waals surface area contributed by atoms with Crippen molar-refractivity contribution < 1.29 is 105 Å². The highest BCUT2D eigenvalue weighted by Gasteiger charge is 2.52. The number of hydrogen-bond acceptors (Lipinski definition) is 21. The molecule has 45 heavy (non-hydrogen) atoms. The molecule has 4 heterocycles. The van der Waals surface area contributed by atoms with E-state index in [9.17, 15) is 71.5 Å². The Morgan fingerprint density at radius 3 is 1.31 bits per heavy atom. The first-order valence-electron chi connectivity index (χ1n) is 14.1. The molecular formula is C24H42O21. The minimum absolute atomic E-state index is 0.702. The van der Waals surface area contributed by atoms with Crippen LogP contribution in [0.25, 0.3) is 0 Å². The summed E-state index contributed by atoms with van der Waals surface area (Å²) in [6.45, 7) is -2.99. The van der Waals surface area contributed by atoms with Gasteiger partial charge in [0.1, 0.15) is 97.7 Å². The highest BCUT2D eigenvalue weighted by Crippen LogP contribution is 2.31. The van der Waals surface area contributed by atoms with E-state index in [-0.39, 0.29) is 0 Å². The second-order valence-electron chi connectivity index (χ2n) is 11.2. The van der Waals surface area contributed by atoms with Crippen molar-refractivity contribution >= 4 is 0 Å². The SMILES string of the molecule is OC[C@H]1O[C@H](OC[C@H]2O[C@H](OC[C@H]3O[C@H](O)[C@@H](O)[C@@H](O)[C@@H]3O)[C@@H](O)[C@@H](O[C@H]3O[C@H](CO)[C@@H](O)[C@H](O)[C@@H]3O)[C@@H]2O)[C@@H](O)[C@@H](O)[C@@H]1O. The maximum Gasteiger partial charge on any atom is 0.187 e. The molecule has 0 spiro atoms. The third kappa shape index (κ3) is 7.75. The molecule has 0 bridgehead atoms. The van der Waals surface area contributed by atoms with Crippen LogP contribution in [0.2, 0.25) is 0 Å². The number of aliphatic hydroxyl groups excluding tert-OH is 14. The van der Waals surface area contributed by atoms with E-state index in [1.807, 2.05) is 0 Å². The van der Waals surface area contributed by atoms with Gasteiger partial charge in [-0.05, 0) is 0 Å². The fraction of sp³-hybridized carbons (Fsp3) is 1.00. The molecule has 0 aromatic rings. The summed E-state index contributed by atoms with van der Waals surface area (Å²) in [5, 5.41) is 142. The van der Waals surface area contributed by atoms with E-state index in [1.54, 1.807) is 0 Å². The quantitative estimate of drug-likeness (QED) is 0.103. The Balaban J connectivity index is 1.50. The molecule has 0 aliphatic carbocycles. The van der Waals surface area contributed by atoms with Crippen LogP contribution >= 0.6 is 0 Å². The van der Waals surface area contributed by atoms with Crippen molar-refractivity contribution in [3.8, 4) is 0 Å². The topological polar surface area (TPSA) is 348 Å². The third-order valence-electron chi connectivity index (χ3n) is 8.17. The summed E-state index contributed by atoms with van der Waals surface area (Å²) in [4.78, 5) is 0. The van der Waals surface area contributed by atoms with Crippen molar-refractivity contribution in [2.24, 2.45) is 0 Å². The number of rotatable bonds is 10. The first kappa shape index (κ1) is 37.0. The minimum Gasteiger partial charge on any atom is -0.394 e. The van der Waals surface area contributed by atoms with Crippen LogP contribution in [-0.2, 0) is 33.2 Å². The Morgan fingerprint density at radius 2 is 0.778 bits per heavy atom. The summed E-state index contributed by atoms with van der Waals surface area (Å²) in [6, 6.07) is 0. The van der Waals surface area contributed by atoms with E-state index in [2.05, 4.69) is 0 Å². The van der Waals surface area contributed by atoms with Gasteiger partial charge in [0.05, 0.1) is 26.4 Å². The van der Waals surface area contributed by atoms with E-state index >= 15 is 0 Å². The third-order valence-corrected chi connectivity index (χ3v) is 8.17. The monoisotopic (exact) mass is 666 g/mol. The summed E-state index contributed by atoms with van der Waals surface area (Å²) in [5.41, 5.74) is 0. The molecule has 4 aliphatic rings. The molecule has 20 atom stereocenters. The Morgan fingerprint density at radius 1 is 0.378 bits per heavy atom. The van der Waals surface area contributed by atoms with E-state index in [1.165, 1.54) is 0 Å². The molecule has 0 amide bonds. The van der Waals surface area contributed by atoms with Gasteiger partial charge < -0.3 is 105 Å². The fourth-order valence-corrected chi connectivity index (χ4v) is 5.33. The number of hydrogen-bond donors (Lipinski definition) is 14. The summed E-state index contributed by atoms with van der Waals surface area (Å²) in [7, 11) is 0. The van der Waals surface area contributed by atoms with Crippen LogP contribution in [0, 0.1) is 0 Å². The van der Waals surface area contributed by atoms with E-state index < -0.39 is 149 Å². The van der Waals surface area contributed by atoms with Crippen molar-refractivity contribution in [1.29, 1.82) is 0 Å². The molecule has 21 nitrogen and oxygen atoms in total. The molecule has 4 fully saturated rings. The predicted octanol–water partition coefficient (Wildman–Crippen LogP) is -9.75. The first-order chi connectivity index (χ1) is 21.2. The largest absolute Gasteiger partial charge is 0.394 e. The van der Waals surface area contributed by atoms with E-state index in [0.29, 0.717) is 0 Å². The molecule has 4 rings (SSSR count). The Hall–Kier alpha value is -0.840. The van der Waals surface area contributed by atoms with Crippen LogP contribution in [0.1, 0.15) is 0 Å². The Labute approximate surface area is 254 Å². The zero-order valence-electron chi connectivity index (χ0n) is 23.5. The van der Waals surface area contributed by atoms with Crippen molar-refractivity contribution in [3.63, 3.8) is 0 Å². The average molecular weight is 667 g/mol. The van der Waals surface area contributed by atoms with Gasteiger partial charge in [-0.2, -0.15) is 0 Å². The van der Waals surface area contributed by atoms with E-state index in [0.717, 1.165) is 0 Å². The van der Waals surface area contributed by atoms with Crippen LogP contribution < -0.4 is 0 Å². The standard InChI is InChI=1S/C24H42O21/c25-1-5-9(27)14(32)17(35)22(42-5)39-4-8-12(30)20(45-24-18(36)15(33)10(28)6(2-26)43-24)19(37)23(44-8)40-3-7-11(29)13(31)16(34)21(38)41-7/h5-38H,1-4H2/t5-,6-,7-,8-,9-,10-,11-,12-,13+,14+,15+,16+,17+,18+,19+,20+,21+,22+,23+,24-/m1/s1. The molecule has 4 aliphatic heterocycles. The lowest BCUT2D eigenvalue weighted by atomic mass is 9.96. The molecule has 0 aromatic carbocycles. The summed E-state index contributed by atoms with van der Waals surface area (Å²) in [5.74, 6) is 0. The molecule has 0 saturated carbocycles. The maximum absolute atomic E-state index is 11.1. The van der Waals surface area contributed by atoms with Gasteiger partial charge in [0, 0.05) is 0 Å². The van der Waals surface area contributed by atoms with Gasteiger partial charge in [-0.15, -0.1) is 0 Å². The normalized spacial score (nSPS) is 52.9. The highest BCUT2D eigenvalue weighted by molar-refractivity contribution is 4.96. The lowest BCUT2D eigenvalue weighted by molar-refractivity contribution is -0.370. The summed E-state index contributed by atoms with van der Waals surface area (Å²) >= 11 is 0. The Kier molecular flexibility index (Phi) is 12.8. The minimum atomic E-state index is -1.96. The first-order valence-corrected chi connectivity index (χ1v) is 14.1. The average Bonchev–Trinajstić information content (AvgIpc) is 3.02. The van der Waals surface area contributed by atoms with Crippen LogP contribution in [0.4, 0.5) is 0 Å². The lowest BCUT2D eigenvalue weighted by Crippen LogP contribution is -2.65. The van der Waals surface area contributed by atoms with Crippen LogP contribution in [0.15, 0.2) is 0 Å². The second-order valence-corrected chi connectivity index (χ2v) is 11.2. The van der Waals surface area contributed by atoms with Crippen LogP contribution in [-0.4, -0.2) is 221 Å². The smallest absolute Gasteiger partial charge is 0.187 e. The Bertz CT molecular complexity index is 914. The van der Waals surface area contributed by atoms with Crippen molar-refractivity contribution in [2.75, 3.05) is 26.4 Å². The lowest BCUT2D eigenvalue weighted by Gasteiger charge is -2.47. The van der Waals surface area contributed by atoms with Gasteiger partial charge in [-0.25, -0.2) is 0 Å². The second kappa shape index (κ2) is 15.6. The van der Waals surface area contributed by atoms with Gasteiger partial charge in [0.15, 0.2) is 25.2 Å². The zero-order chi connectivity index (χ0) is 33.3. The van der Waals surface area contributed by atoms with Crippen molar-refractivity contribution in [3.05, 3.63) is 0 Å².